The summed E-state index contributed by atoms with van der Waals surface area (Å²) in [4.78, 5) is 15.4. The number of benzene rings is 1. The number of para-hydroxylation sites is 1. The molecular formula is C16H14F3NO2. The van der Waals surface area contributed by atoms with Gasteiger partial charge in [0.25, 0.3) is 0 Å². The monoisotopic (exact) mass is 309 g/mol. The molecule has 0 bridgehead atoms. The minimum absolute atomic E-state index is 0.126. The van der Waals surface area contributed by atoms with E-state index in [0.717, 1.165) is 6.07 Å². The highest BCUT2D eigenvalue weighted by atomic mass is 19.4. The van der Waals surface area contributed by atoms with Gasteiger partial charge in [0.15, 0.2) is 0 Å². The Labute approximate surface area is 125 Å². The summed E-state index contributed by atoms with van der Waals surface area (Å²) in [6, 6.07) is 5.48. The van der Waals surface area contributed by atoms with E-state index in [9.17, 15) is 18.0 Å². The lowest BCUT2D eigenvalue weighted by Gasteiger charge is -2.11. The number of hydrogen-bond donors (Lipinski definition) is 0. The van der Waals surface area contributed by atoms with Crippen molar-refractivity contribution in [1.29, 1.82) is 0 Å². The van der Waals surface area contributed by atoms with E-state index >= 15 is 0 Å². The van der Waals surface area contributed by atoms with Crippen LogP contribution in [0.4, 0.5) is 13.2 Å². The molecule has 2 aromatic rings. The number of ether oxygens (including phenoxy) is 1. The van der Waals surface area contributed by atoms with Gasteiger partial charge in [0, 0.05) is 17.2 Å². The van der Waals surface area contributed by atoms with Crippen LogP contribution in [0.3, 0.4) is 0 Å². The average molecular weight is 309 g/mol. The highest BCUT2D eigenvalue weighted by Crippen LogP contribution is 2.35. The first-order valence-corrected chi connectivity index (χ1v) is 6.65. The maximum atomic E-state index is 13.1. The molecule has 0 saturated heterocycles. The highest BCUT2D eigenvalue weighted by molar-refractivity contribution is 5.94. The molecule has 116 valence electrons. The van der Waals surface area contributed by atoms with Crippen molar-refractivity contribution in [2.24, 2.45) is 0 Å². The Morgan fingerprint density at radius 2 is 2.09 bits per heavy atom. The summed E-state index contributed by atoms with van der Waals surface area (Å²) in [5.41, 5.74) is 0.00681. The van der Waals surface area contributed by atoms with Crippen LogP contribution < -0.4 is 0 Å². The van der Waals surface area contributed by atoms with Crippen molar-refractivity contribution in [2.45, 2.75) is 20.0 Å². The molecule has 0 fully saturated rings. The zero-order valence-corrected chi connectivity index (χ0v) is 12.1. The number of nitrogens with zero attached hydrogens (tertiary/aromatic N) is 1. The largest absolute Gasteiger partial charge is 0.463 e. The van der Waals surface area contributed by atoms with Gasteiger partial charge in [0.05, 0.1) is 17.7 Å². The van der Waals surface area contributed by atoms with E-state index in [2.05, 4.69) is 4.98 Å². The number of carbonyl (C=O) groups is 1. The number of esters is 1. The number of rotatable bonds is 3. The van der Waals surface area contributed by atoms with Gasteiger partial charge in [0.2, 0.25) is 0 Å². The lowest BCUT2D eigenvalue weighted by molar-refractivity contribution is -0.137. The highest BCUT2D eigenvalue weighted by Gasteiger charge is 2.33. The van der Waals surface area contributed by atoms with Crippen LogP contribution in [-0.2, 0) is 15.7 Å². The molecule has 0 atom stereocenters. The second-order valence-electron chi connectivity index (χ2n) is 4.64. The lowest BCUT2D eigenvalue weighted by Crippen LogP contribution is -2.07. The van der Waals surface area contributed by atoms with Crippen molar-refractivity contribution in [2.75, 3.05) is 6.61 Å². The molecule has 0 unspecified atom stereocenters. The Morgan fingerprint density at radius 1 is 1.36 bits per heavy atom. The zero-order valence-electron chi connectivity index (χ0n) is 12.1. The number of carbonyl (C=O) groups excluding carboxylic acids is 1. The van der Waals surface area contributed by atoms with E-state index in [1.807, 2.05) is 0 Å². The summed E-state index contributed by atoms with van der Waals surface area (Å²) < 4.78 is 44.0. The third-order valence-electron chi connectivity index (χ3n) is 2.99. The molecule has 3 nitrogen and oxygen atoms in total. The van der Waals surface area contributed by atoms with Gasteiger partial charge >= 0.3 is 12.1 Å². The van der Waals surface area contributed by atoms with Crippen molar-refractivity contribution < 1.29 is 22.7 Å². The molecule has 0 aliphatic carbocycles. The molecule has 0 saturated carbocycles. The molecule has 0 radical (unpaired) electrons. The predicted octanol–water partition coefficient (Wildman–Crippen LogP) is 4.14. The fraction of sp³-hybridized carbons (Fsp3) is 0.250. The van der Waals surface area contributed by atoms with Crippen LogP contribution in [0.25, 0.3) is 17.0 Å². The first-order valence-electron chi connectivity index (χ1n) is 6.65. The van der Waals surface area contributed by atoms with E-state index in [4.69, 9.17) is 4.74 Å². The molecule has 1 aromatic carbocycles. The topological polar surface area (TPSA) is 39.2 Å². The molecule has 0 aliphatic rings. The van der Waals surface area contributed by atoms with Crippen LogP contribution in [0.1, 0.15) is 23.7 Å². The third-order valence-corrected chi connectivity index (χ3v) is 2.99. The SMILES string of the molecule is CCOC(=O)/C=C/c1cc(C)nc2c(C(F)(F)F)cccc12. The van der Waals surface area contributed by atoms with Gasteiger partial charge in [-0.1, -0.05) is 12.1 Å². The quantitative estimate of drug-likeness (QED) is 0.632. The van der Waals surface area contributed by atoms with Crippen LogP contribution in [0.2, 0.25) is 0 Å². The molecule has 22 heavy (non-hydrogen) atoms. The standard InChI is InChI=1S/C16H14F3NO2/c1-3-22-14(21)8-7-11-9-10(2)20-15-12(11)5-4-6-13(15)16(17,18)19/h4-9H,3H2,1-2H3/b8-7+. The van der Waals surface area contributed by atoms with Crippen LogP contribution in [0.15, 0.2) is 30.3 Å². The summed E-state index contributed by atoms with van der Waals surface area (Å²) in [5, 5.41) is 0.334. The number of aromatic nitrogens is 1. The van der Waals surface area contributed by atoms with Crippen molar-refractivity contribution in [3.05, 3.63) is 47.2 Å². The van der Waals surface area contributed by atoms with Crippen molar-refractivity contribution >= 4 is 22.9 Å². The second kappa shape index (κ2) is 6.17. The van der Waals surface area contributed by atoms with Crippen LogP contribution in [0, 0.1) is 6.92 Å². The summed E-state index contributed by atoms with van der Waals surface area (Å²) in [7, 11) is 0. The van der Waals surface area contributed by atoms with E-state index in [-0.39, 0.29) is 12.1 Å². The summed E-state index contributed by atoms with van der Waals surface area (Å²) in [6.45, 7) is 3.51. The fourth-order valence-electron chi connectivity index (χ4n) is 2.12. The Hall–Kier alpha value is -2.37. The molecule has 1 aromatic heterocycles. The first kappa shape index (κ1) is 16.0. The van der Waals surface area contributed by atoms with Gasteiger partial charge in [-0.15, -0.1) is 0 Å². The fourth-order valence-corrected chi connectivity index (χ4v) is 2.12. The number of fused-ring (bicyclic) bond motifs is 1. The second-order valence-corrected chi connectivity index (χ2v) is 4.64. The van der Waals surface area contributed by atoms with Crippen molar-refractivity contribution in [1.82, 2.24) is 4.98 Å². The minimum Gasteiger partial charge on any atom is -0.463 e. The third kappa shape index (κ3) is 3.44. The molecule has 0 N–H and O–H groups in total. The minimum atomic E-state index is -4.48. The van der Waals surface area contributed by atoms with Gasteiger partial charge < -0.3 is 4.74 Å². The van der Waals surface area contributed by atoms with Crippen LogP contribution in [-0.4, -0.2) is 17.6 Å². The summed E-state index contributed by atoms with van der Waals surface area (Å²) in [5.74, 6) is -0.544. The Morgan fingerprint density at radius 3 is 2.73 bits per heavy atom. The Balaban J connectivity index is 2.59. The smallest absolute Gasteiger partial charge is 0.418 e. The molecule has 0 spiro atoms. The Kier molecular flexibility index (Phi) is 4.49. The normalized spacial score (nSPS) is 12.0. The number of halogens is 3. The van der Waals surface area contributed by atoms with E-state index < -0.39 is 17.7 Å². The van der Waals surface area contributed by atoms with Gasteiger partial charge in [0.1, 0.15) is 0 Å². The molecule has 6 heteroatoms. The molecule has 0 aliphatic heterocycles. The number of aryl methyl sites for hydroxylation is 1. The van der Waals surface area contributed by atoms with Crippen LogP contribution >= 0.6 is 0 Å². The summed E-state index contributed by atoms with van der Waals surface area (Å²) in [6.07, 6.45) is -1.85. The zero-order chi connectivity index (χ0) is 16.3. The summed E-state index contributed by atoms with van der Waals surface area (Å²) >= 11 is 0. The predicted molar refractivity (Wildman–Crippen MR) is 77.1 cm³/mol. The number of alkyl halides is 3. The van der Waals surface area contributed by atoms with Gasteiger partial charge in [-0.05, 0) is 37.6 Å². The van der Waals surface area contributed by atoms with Gasteiger partial charge in [-0.2, -0.15) is 13.2 Å². The lowest BCUT2D eigenvalue weighted by atomic mass is 10.0. The molecule has 0 amide bonds. The van der Waals surface area contributed by atoms with E-state index in [1.165, 1.54) is 18.2 Å². The first-order chi connectivity index (χ1) is 10.3. The Bertz CT molecular complexity index is 736. The van der Waals surface area contributed by atoms with E-state index in [1.54, 1.807) is 26.0 Å². The molecule has 1 heterocycles. The van der Waals surface area contributed by atoms with Gasteiger partial charge in [-0.3, -0.25) is 4.98 Å². The average Bonchev–Trinajstić information content (AvgIpc) is 2.43. The van der Waals surface area contributed by atoms with Crippen molar-refractivity contribution in [3.8, 4) is 0 Å². The maximum absolute atomic E-state index is 13.1. The van der Waals surface area contributed by atoms with Crippen molar-refractivity contribution in [3.63, 3.8) is 0 Å². The maximum Gasteiger partial charge on any atom is 0.418 e. The van der Waals surface area contributed by atoms with E-state index in [0.29, 0.717) is 16.6 Å². The van der Waals surface area contributed by atoms with Crippen LogP contribution in [0.5, 0.6) is 0 Å². The number of pyridine rings is 1. The molecular weight excluding hydrogens is 295 g/mol. The van der Waals surface area contributed by atoms with Gasteiger partial charge in [-0.25, -0.2) is 4.79 Å². The molecule has 2 rings (SSSR count). The number of hydrogen-bond acceptors (Lipinski definition) is 3.